The standard InChI is InChI=1S/C10H8BrCl2N3S/c11-8-2-1-6(17-8)3-4-14-9-7(12)5-15-10(13)16-9/h1-2,5H,3-4H2,(H,14,15,16). The van der Waals surface area contributed by atoms with E-state index in [4.69, 9.17) is 23.2 Å². The molecule has 0 aliphatic carbocycles. The quantitative estimate of drug-likeness (QED) is 0.835. The summed E-state index contributed by atoms with van der Waals surface area (Å²) >= 11 is 16.8. The number of halogens is 3. The van der Waals surface area contributed by atoms with Gasteiger partial charge in [-0.15, -0.1) is 11.3 Å². The zero-order valence-electron chi connectivity index (χ0n) is 8.58. The van der Waals surface area contributed by atoms with Gasteiger partial charge in [0.05, 0.1) is 9.98 Å². The van der Waals surface area contributed by atoms with Crippen molar-refractivity contribution in [3.63, 3.8) is 0 Å². The van der Waals surface area contributed by atoms with E-state index >= 15 is 0 Å². The summed E-state index contributed by atoms with van der Waals surface area (Å²) in [4.78, 5) is 9.09. The minimum Gasteiger partial charge on any atom is -0.368 e. The largest absolute Gasteiger partial charge is 0.368 e. The molecule has 0 saturated heterocycles. The fourth-order valence-electron chi connectivity index (χ4n) is 1.26. The molecule has 2 heterocycles. The van der Waals surface area contributed by atoms with Crippen LogP contribution in [-0.4, -0.2) is 16.5 Å². The molecule has 1 N–H and O–H groups in total. The van der Waals surface area contributed by atoms with Crippen LogP contribution in [0.25, 0.3) is 0 Å². The summed E-state index contributed by atoms with van der Waals surface area (Å²) in [6.45, 7) is 0.750. The molecule has 0 amide bonds. The predicted molar refractivity (Wildman–Crippen MR) is 76.3 cm³/mol. The maximum Gasteiger partial charge on any atom is 0.224 e. The van der Waals surface area contributed by atoms with Crippen LogP contribution in [0.4, 0.5) is 5.82 Å². The Hall–Kier alpha value is -0.360. The van der Waals surface area contributed by atoms with Gasteiger partial charge in [-0.2, -0.15) is 4.98 Å². The molecule has 0 spiro atoms. The van der Waals surface area contributed by atoms with E-state index in [0.717, 1.165) is 16.8 Å². The lowest BCUT2D eigenvalue weighted by atomic mass is 10.3. The Morgan fingerprint density at radius 1 is 1.35 bits per heavy atom. The van der Waals surface area contributed by atoms with Crippen LogP contribution in [0.3, 0.4) is 0 Å². The van der Waals surface area contributed by atoms with Gasteiger partial charge >= 0.3 is 0 Å². The molecule has 0 saturated carbocycles. The first-order chi connectivity index (χ1) is 8.15. The van der Waals surface area contributed by atoms with Crippen LogP contribution in [0.15, 0.2) is 22.1 Å². The lowest BCUT2D eigenvalue weighted by Gasteiger charge is -2.06. The van der Waals surface area contributed by atoms with Gasteiger partial charge in [0.25, 0.3) is 0 Å². The maximum atomic E-state index is 5.93. The molecule has 0 aliphatic heterocycles. The number of thiophene rings is 1. The highest BCUT2D eigenvalue weighted by atomic mass is 79.9. The van der Waals surface area contributed by atoms with E-state index in [2.05, 4.69) is 37.3 Å². The van der Waals surface area contributed by atoms with E-state index in [9.17, 15) is 0 Å². The van der Waals surface area contributed by atoms with E-state index in [1.54, 1.807) is 11.3 Å². The smallest absolute Gasteiger partial charge is 0.224 e. The average Bonchev–Trinajstić information content (AvgIpc) is 2.69. The van der Waals surface area contributed by atoms with Crippen molar-refractivity contribution in [3.05, 3.63) is 37.3 Å². The SMILES string of the molecule is Clc1ncc(Cl)c(NCCc2ccc(Br)s2)n1. The maximum absolute atomic E-state index is 5.93. The Labute approximate surface area is 121 Å². The number of nitrogens with zero attached hydrogens (tertiary/aromatic N) is 2. The monoisotopic (exact) mass is 351 g/mol. The Balaban J connectivity index is 1.91. The summed E-state index contributed by atoms with van der Waals surface area (Å²) in [5.74, 6) is 0.572. The number of nitrogens with one attached hydrogen (secondary N) is 1. The van der Waals surface area contributed by atoms with Crippen LogP contribution in [0.1, 0.15) is 4.88 Å². The third-order valence-electron chi connectivity index (χ3n) is 2.01. The van der Waals surface area contributed by atoms with Gasteiger partial charge in [-0.25, -0.2) is 4.98 Å². The highest BCUT2D eigenvalue weighted by Gasteiger charge is 2.04. The second-order valence-corrected chi connectivity index (χ2v) is 6.51. The van der Waals surface area contributed by atoms with E-state index in [1.807, 2.05) is 6.07 Å². The average molecular weight is 353 g/mol. The summed E-state index contributed by atoms with van der Waals surface area (Å²) in [6, 6.07) is 4.12. The van der Waals surface area contributed by atoms with Crippen LogP contribution in [0, 0.1) is 0 Å². The summed E-state index contributed by atoms with van der Waals surface area (Å²) < 4.78 is 1.13. The zero-order chi connectivity index (χ0) is 12.3. The highest BCUT2D eigenvalue weighted by Crippen LogP contribution is 2.23. The van der Waals surface area contributed by atoms with Crippen LogP contribution in [0.5, 0.6) is 0 Å². The van der Waals surface area contributed by atoms with Crippen molar-refractivity contribution in [1.29, 1.82) is 0 Å². The van der Waals surface area contributed by atoms with Crippen LogP contribution < -0.4 is 5.32 Å². The summed E-state index contributed by atoms with van der Waals surface area (Å²) in [5, 5.41) is 3.80. The molecule has 7 heteroatoms. The van der Waals surface area contributed by atoms with Gasteiger partial charge in [-0.05, 0) is 46.1 Å². The molecule has 0 unspecified atom stereocenters. The second-order valence-electron chi connectivity index (χ2n) is 3.22. The van der Waals surface area contributed by atoms with E-state index in [1.165, 1.54) is 11.1 Å². The molecule has 0 aromatic carbocycles. The summed E-state index contributed by atoms with van der Waals surface area (Å²) in [5.41, 5.74) is 0. The summed E-state index contributed by atoms with van der Waals surface area (Å²) in [6.07, 6.45) is 2.40. The number of hydrogen-bond donors (Lipinski definition) is 1. The van der Waals surface area contributed by atoms with Crippen molar-refractivity contribution in [2.24, 2.45) is 0 Å². The third-order valence-corrected chi connectivity index (χ3v) is 4.15. The third kappa shape index (κ3) is 3.81. The molecule has 90 valence electrons. The first kappa shape index (κ1) is 13.1. The molecule has 2 aromatic rings. The molecule has 0 bridgehead atoms. The fraction of sp³-hybridized carbons (Fsp3) is 0.200. The molecule has 0 radical (unpaired) electrons. The van der Waals surface area contributed by atoms with E-state index < -0.39 is 0 Å². The van der Waals surface area contributed by atoms with Gasteiger partial charge in [0.2, 0.25) is 5.28 Å². The molecular formula is C10H8BrCl2N3S. The number of anilines is 1. The second kappa shape index (κ2) is 6.00. The van der Waals surface area contributed by atoms with Crippen LogP contribution >= 0.6 is 50.5 Å². The van der Waals surface area contributed by atoms with Crippen LogP contribution in [0.2, 0.25) is 10.3 Å². The van der Waals surface area contributed by atoms with Crippen molar-refractivity contribution in [3.8, 4) is 0 Å². The van der Waals surface area contributed by atoms with E-state index in [-0.39, 0.29) is 5.28 Å². The van der Waals surface area contributed by atoms with Gasteiger partial charge in [0.1, 0.15) is 10.8 Å². The van der Waals surface area contributed by atoms with Crippen molar-refractivity contribution in [1.82, 2.24) is 9.97 Å². The number of aromatic nitrogens is 2. The summed E-state index contributed by atoms with van der Waals surface area (Å²) in [7, 11) is 0. The van der Waals surface area contributed by atoms with Gasteiger partial charge < -0.3 is 5.32 Å². The Bertz CT molecular complexity index is 518. The van der Waals surface area contributed by atoms with Gasteiger partial charge in [-0.3, -0.25) is 0 Å². The van der Waals surface area contributed by atoms with Crippen molar-refractivity contribution < 1.29 is 0 Å². The molecule has 3 nitrogen and oxygen atoms in total. The first-order valence-electron chi connectivity index (χ1n) is 4.81. The fourth-order valence-corrected chi connectivity index (χ4v) is 3.03. The van der Waals surface area contributed by atoms with Gasteiger partial charge in [0, 0.05) is 11.4 Å². The molecule has 2 rings (SSSR count). The Kier molecular flexibility index (Phi) is 4.62. The first-order valence-corrected chi connectivity index (χ1v) is 7.18. The van der Waals surface area contributed by atoms with Gasteiger partial charge in [-0.1, -0.05) is 11.6 Å². The van der Waals surface area contributed by atoms with Crippen molar-refractivity contribution in [2.45, 2.75) is 6.42 Å². The van der Waals surface area contributed by atoms with Gasteiger partial charge in [0.15, 0.2) is 0 Å². The predicted octanol–water partition coefficient (Wildman–Crippen LogP) is 4.26. The van der Waals surface area contributed by atoms with Crippen molar-refractivity contribution >= 4 is 56.3 Å². The Morgan fingerprint density at radius 2 is 2.18 bits per heavy atom. The minimum absolute atomic E-state index is 0.191. The number of rotatable bonds is 4. The molecule has 0 atom stereocenters. The molecule has 0 aliphatic rings. The lowest BCUT2D eigenvalue weighted by molar-refractivity contribution is 1.02. The minimum atomic E-state index is 0.191. The normalized spacial score (nSPS) is 10.5. The highest BCUT2D eigenvalue weighted by molar-refractivity contribution is 9.11. The molecule has 2 aromatic heterocycles. The Morgan fingerprint density at radius 3 is 2.88 bits per heavy atom. The zero-order valence-corrected chi connectivity index (χ0v) is 12.5. The topological polar surface area (TPSA) is 37.8 Å². The van der Waals surface area contributed by atoms with Crippen molar-refractivity contribution in [2.75, 3.05) is 11.9 Å². The van der Waals surface area contributed by atoms with E-state index in [0.29, 0.717) is 10.8 Å². The molecule has 17 heavy (non-hydrogen) atoms. The molecular weight excluding hydrogens is 345 g/mol. The molecule has 0 fully saturated rings. The van der Waals surface area contributed by atoms with Crippen LogP contribution in [-0.2, 0) is 6.42 Å². The lowest BCUT2D eigenvalue weighted by Crippen LogP contribution is -2.06. The number of hydrogen-bond acceptors (Lipinski definition) is 4.